The van der Waals surface area contributed by atoms with Gasteiger partial charge in [0.05, 0.1) is 4.47 Å². The molecule has 0 spiro atoms. The molecule has 0 saturated carbocycles. The average molecular weight is 371 g/mol. The Kier molecular flexibility index (Phi) is 7.38. The number of hydrogen-bond donors (Lipinski definition) is 2. The van der Waals surface area contributed by atoms with Crippen molar-refractivity contribution in [2.24, 2.45) is 0 Å². The van der Waals surface area contributed by atoms with E-state index in [0.717, 1.165) is 10.0 Å². The molecule has 6 heteroatoms. The number of aryl methyl sites for hydroxylation is 1. The van der Waals surface area contributed by atoms with Crippen molar-refractivity contribution in [3.8, 4) is 5.75 Å². The van der Waals surface area contributed by atoms with Crippen molar-refractivity contribution in [1.29, 1.82) is 0 Å². The highest BCUT2D eigenvalue weighted by molar-refractivity contribution is 9.10. The Bertz CT molecular complexity index is 532. The van der Waals surface area contributed by atoms with Crippen molar-refractivity contribution in [3.05, 3.63) is 28.2 Å². The first kappa shape index (κ1) is 18.5. The average Bonchev–Trinajstić information content (AvgIpc) is 2.40. The van der Waals surface area contributed by atoms with E-state index in [9.17, 15) is 9.59 Å². The zero-order valence-corrected chi connectivity index (χ0v) is 15.0. The number of rotatable bonds is 7. The minimum absolute atomic E-state index is 0.0786. The number of carbonyl (C=O) groups is 2. The van der Waals surface area contributed by atoms with Gasteiger partial charge in [-0.2, -0.15) is 0 Å². The second kappa shape index (κ2) is 8.78. The highest BCUT2D eigenvalue weighted by Crippen LogP contribution is 2.26. The molecule has 0 aliphatic heterocycles. The molecule has 0 aliphatic rings. The lowest BCUT2D eigenvalue weighted by atomic mass is 10.2. The Balaban J connectivity index is 2.40. The van der Waals surface area contributed by atoms with Crippen molar-refractivity contribution in [2.75, 3.05) is 6.54 Å². The first-order valence-corrected chi connectivity index (χ1v) is 8.08. The number of benzene rings is 1. The van der Waals surface area contributed by atoms with E-state index in [2.05, 4.69) is 26.6 Å². The molecule has 0 fully saturated rings. The van der Waals surface area contributed by atoms with E-state index in [0.29, 0.717) is 12.3 Å². The molecule has 122 valence electrons. The molecule has 1 rings (SSSR count). The Morgan fingerprint density at radius 2 is 1.95 bits per heavy atom. The monoisotopic (exact) mass is 370 g/mol. The Morgan fingerprint density at radius 3 is 2.55 bits per heavy atom. The molecule has 22 heavy (non-hydrogen) atoms. The maximum Gasteiger partial charge on any atom is 0.260 e. The van der Waals surface area contributed by atoms with Gasteiger partial charge in [-0.3, -0.25) is 9.59 Å². The fourth-order valence-corrected chi connectivity index (χ4v) is 2.37. The summed E-state index contributed by atoms with van der Waals surface area (Å²) in [7, 11) is 0. The van der Waals surface area contributed by atoms with Crippen LogP contribution in [0.3, 0.4) is 0 Å². The number of ether oxygens (including phenoxy) is 1. The van der Waals surface area contributed by atoms with Crippen LogP contribution in [-0.2, 0) is 9.59 Å². The van der Waals surface area contributed by atoms with Crippen LogP contribution in [0, 0.1) is 6.92 Å². The summed E-state index contributed by atoms with van der Waals surface area (Å²) in [5.74, 6) is 0.292. The molecule has 0 radical (unpaired) electrons. The maximum absolute atomic E-state index is 11.9. The second-order valence-electron chi connectivity index (χ2n) is 5.46. The number of amides is 2. The van der Waals surface area contributed by atoms with Crippen molar-refractivity contribution in [1.82, 2.24) is 10.6 Å². The van der Waals surface area contributed by atoms with Crippen molar-refractivity contribution in [2.45, 2.75) is 46.3 Å². The third-order valence-electron chi connectivity index (χ3n) is 2.86. The Hall–Kier alpha value is -1.56. The Morgan fingerprint density at radius 1 is 1.27 bits per heavy atom. The molecule has 1 atom stereocenters. The molecule has 2 amide bonds. The summed E-state index contributed by atoms with van der Waals surface area (Å²) < 4.78 is 6.43. The molecule has 0 heterocycles. The molecule has 2 N–H and O–H groups in total. The van der Waals surface area contributed by atoms with Crippen LogP contribution in [-0.4, -0.2) is 30.5 Å². The van der Waals surface area contributed by atoms with Gasteiger partial charge in [0.1, 0.15) is 5.75 Å². The lowest BCUT2D eigenvalue weighted by molar-refractivity contribution is -0.127. The van der Waals surface area contributed by atoms with Crippen LogP contribution in [0.5, 0.6) is 5.75 Å². The minimum Gasteiger partial charge on any atom is -0.480 e. The van der Waals surface area contributed by atoms with Crippen molar-refractivity contribution < 1.29 is 14.3 Å². The fraction of sp³-hybridized carbons (Fsp3) is 0.500. The van der Waals surface area contributed by atoms with Gasteiger partial charge in [-0.05, 0) is 61.3 Å². The zero-order chi connectivity index (χ0) is 16.7. The SMILES string of the molecule is Cc1ccc(O[C@H](C)C(=O)NCCC(=O)NC(C)C)c(Br)c1. The number of hydrogen-bond acceptors (Lipinski definition) is 3. The summed E-state index contributed by atoms with van der Waals surface area (Å²) in [5.41, 5.74) is 1.10. The normalized spacial score (nSPS) is 11.9. The number of carbonyl (C=O) groups excluding carboxylic acids is 2. The van der Waals surface area contributed by atoms with Gasteiger partial charge in [0, 0.05) is 19.0 Å². The summed E-state index contributed by atoms with van der Waals surface area (Å²) in [6.45, 7) is 7.74. The van der Waals surface area contributed by atoms with E-state index in [-0.39, 0.29) is 24.3 Å². The van der Waals surface area contributed by atoms with Gasteiger partial charge in [-0.25, -0.2) is 0 Å². The van der Waals surface area contributed by atoms with E-state index in [1.807, 2.05) is 39.0 Å². The standard InChI is InChI=1S/C16H23BrN2O3/c1-10(2)19-15(20)7-8-18-16(21)12(4)22-14-6-5-11(3)9-13(14)17/h5-6,9-10,12H,7-8H2,1-4H3,(H,18,21)(H,19,20)/t12-/m1/s1. The van der Waals surface area contributed by atoms with Gasteiger partial charge in [0.25, 0.3) is 5.91 Å². The van der Waals surface area contributed by atoms with Crippen LogP contribution >= 0.6 is 15.9 Å². The van der Waals surface area contributed by atoms with Gasteiger partial charge in [-0.15, -0.1) is 0 Å². The van der Waals surface area contributed by atoms with Crippen LogP contribution in [0.15, 0.2) is 22.7 Å². The van der Waals surface area contributed by atoms with Crippen molar-refractivity contribution >= 4 is 27.7 Å². The molecule has 5 nitrogen and oxygen atoms in total. The maximum atomic E-state index is 11.9. The summed E-state index contributed by atoms with van der Waals surface area (Å²) in [6, 6.07) is 5.76. The largest absolute Gasteiger partial charge is 0.480 e. The lowest BCUT2D eigenvalue weighted by Gasteiger charge is -2.16. The predicted molar refractivity (Wildman–Crippen MR) is 89.9 cm³/mol. The lowest BCUT2D eigenvalue weighted by Crippen LogP contribution is -2.39. The van der Waals surface area contributed by atoms with E-state index in [4.69, 9.17) is 4.74 Å². The van der Waals surface area contributed by atoms with Gasteiger partial charge in [-0.1, -0.05) is 6.07 Å². The second-order valence-corrected chi connectivity index (χ2v) is 6.31. The highest BCUT2D eigenvalue weighted by atomic mass is 79.9. The van der Waals surface area contributed by atoms with E-state index < -0.39 is 6.10 Å². The summed E-state index contributed by atoms with van der Waals surface area (Å²) >= 11 is 3.41. The summed E-state index contributed by atoms with van der Waals surface area (Å²) in [5, 5.41) is 5.47. The molecule has 0 unspecified atom stereocenters. The summed E-state index contributed by atoms with van der Waals surface area (Å²) in [6.07, 6.45) is -0.377. The van der Waals surface area contributed by atoms with Gasteiger partial charge in [0.2, 0.25) is 5.91 Å². The molecule has 0 bridgehead atoms. The molecule has 1 aromatic rings. The van der Waals surface area contributed by atoms with Crippen LogP contribution in [0.25, 0.3) is 0 Å². The zero-order valence-electron chi connectivity index (χ0n) is 13.4. The van der Waals surface area contributed by atoms with E-state index in [1.165, 1.54) is 0 Å². The molecular weight excluding hydrogens is 348 g/mol. The topological polar surface area (TPSA) is 67.4 Å². The molecular formula is C16H23BrN2O3. The van der Waals surface area contributed by atoms with E-state index in [1.54, 1.807) is 6.92 Å². The minimum atomic E-state index is -0.632. The molecule has 1 aromatic carbocycles. The number of nitrogens with one attached hydrogen (secondary N) is 2. The van der Waals surface area contributed by atoms with Crippen LogP contribution < -0.4 is 15.4 Å². The van der Waals surface area contributed by atoms with Gasteiger partial charge >= 0.3 is 0 Å². The third-order valence-corrected chi connectivity index (χ3v) is 3.48. The fourth-order valence-electron chi connectivity index (χ4n) is 1.78. The first-order valence-electron chi connectivity index (χ1n) is 7.29. The summed E-state index contributed by atoms with van der Waals surface area (Å²) in [4.78, 5) is 23.4. The van der Waals surface area contributed by atoms with Crippen LogP contribution in [0.1, 0.15) is 32.8 Å². The van der Waals surface area contributed by atoms with E-state index >= 15 is 0 Å². The molecule has 0 aliphatic carbocycles. The quantitative estimate of drug-likeness (QED) is 0.774. The smallest absolute Gasteiger partial charge is 0.260 e. The number of halogens is 1. The van der Waals surface area contributed by atoms with Crippen molar-refractivity contribution in [3.63, 3.8) is 0 Å². The molecule has 0 aromatic heterocycles. The third kappa shape index (κ3) is 6.47. The highest BCUT2D eigenvalue weighted by Gasteiger charge is 2.16. The van der Waals surface area contributed by atoms with Gasteiger partial charge < -0.3 is 15.4 Å². The molecule has 0 saturated heterocycles. The Labute approximate surface area is 139 Å². The van der Waals surface area contributed by atoms with Gasteiger partial charge in [0.15, 0.2) is 6.10 Å². The predicted octanol–water partition coefficient (Wildman–Crippen LogP) is 2.56. The first-order chi connectivity index (χ1) is 10.3. The van der Waals surface area contributed by atoms with Crippen LogP contribution in [0.2, 0.25) is 0 Å². The van der Waals surface area contributed by atoms with Crippen LogP contribution in [0.4, 0.5) is 0 Å².